The summed E-state index contributed by atoms with van der Waals surface area (Å²) in [5, 5.41) is 37.8. The molecular formula is C39H36N6O6S. The van der Waals surface area contributed by atoms with E-state index < -0.39 is 6.29 Å². The number of phenols is 1. The number of para-hydroxylation sites is 1. The lowest BCUT2D eigenvalue weighted by Crippen LogP contribution is -2.31. The number of nitrogens with one attached hydrogen (secondary N) is 2. The van der Waals surface area contributed by atoms with Crippen LogP contribution in [0, 0.1) is 0 Å². The molecule has 0 aliphatic carbocycles. The lowest BCUT2D eigenvalue weighted by molar-refractivity contribution is -0.245. The minimum Gasteiger partial charge on any atom is -0.508 e. The van der Waals surface area contributed by atoms with Gasteiger partial charge in [0.05, 0.1) is 24.5 Å². The number of aliphatic hydroxyl groups excluding tert-OH is 1. The number of nitrogens with zero attached hydrogens (tertiary/aromatic N) is 4. The minimum atomic E-state index is -0.644. The standard InChI is InChI=1S/C39H36N6O6S/c46-24-27-8-10-28(11-9-27)36-22-35(25-52-39-42-43-44-45(39)31-16-18-32(47)19-17-31)50-37(51-36)29-12-6-26(7-13-29)23-40-38(48)41-30-14-20-34(21-15-30)49-33-4-2-1-3-5-33/h1-21,35-37,46-47H,22-25H2,(H2,40,41,48)/t35-,36+,37+/m0/s1. The summed E-state index contributed by atoms with van der Waals surface area (Å²) in [5.41, 5.74) is 4.93. The molecule has 7 rings (SSSR count). The zero-order valence-corrected chi connectivity index (χ0v) is 28.7. The molecule has 2 heterocycles. The number of benzene rings is 5. The summed E-state index contributed by atoms with van der Waals surface area (Å²) < 4.78 is 20.4. The molecule has 0 bridgehead atoms. The van der Waals surface area contributed by atoms with Crippen LogP contribution in [0.3, 0.4) is 0 Å². The topological polar surface area (TPSA) is 153 Å². The largest absolute Gasteiger partial charge is 0.508 e. The van der Waals surface area contributed by atoms with Gasteiger partial charge in [0.2, 0.25) is 5.16 Å². The second-order valence-corrected chi connectivity index (χ2v) is 13.0. The fraction of sp³-hybridized carbons (Fsp3) is 0.179. The van der Waals surface area contributed by atoms with E-state index in [1.54, 1.807) is 53.2 Å². The minimum absolute atomic E-state index is 0.0346. The Bertz CT molecular complexity index is 2050. The summed E-state index contributed by atoms with van der Waals surface area (Å²) in [6.07, 6.45) is -0.508. The number of ether oxygens (including phenoxy) is 3. The quantitative estimate of drug-likeness (QED) is 0.0949. The van der Waals surface area contributed by atoms with Crippen LogP contribution in [0.2, 0.25) is 0 Å². The van der Waals surface area contributed by atoms with E-state index in [1.165, 1.54) is 11.8 Å². The monoisotopic (exact) mass is 716 g/mol. The number of tetrazole rings is 1. The van der Waals surface area contributed by atoms with Gasteiger partial charge in [0.25, 0.3) is 0 Å². The molecule has 0 spiro atoms. The van der Waals surface area contributed by atoms with Gasteiger partial charge in [-0.05, 0) is 87.8 Å². The van der Waals surface area contributed by atoms with Crippen LogP contribution in [-0.4, -0.2) is 48.3 Å². The molecule has 1 aromatic heterocycles. The highest BCUT2D eigenvalue weighted by Crippen LogP contribution is 2.39. The normalized spacial score (nSPS) is 17.0. The van der Waals surface area contributed by atoms with Crippen molar-refractivity contribution in [3.05, 3.63) is 150 Å². The second kappa shape index (κ2) is 16.5. The first kappa shape index (κ1) is 34.7. The predicted octanol–water partition coefficient (Wildman–Crippen LogP) is 7.31. The van der Waals surface area contributed by atoms with Crippen molar-refractivity contribution in [3.8, 4) is 22.9 Å². The summed E-state index contributed by atoms with van der Waals surface area (Å²) in [6.45, 7) is 0.287. The molecule has 3 atom stereocenters. The average molecular weight is 717 g/mol. The number of aromatic hydroxyl groups is 1. The second-order valence-electron chi connectivity index (χ2n) is 12.0. The summed E-state index contributed by atoms with van der Waals surface area (Å²) in [7, 11) is 0. The van der Waals surface area contributed by atoms with Crippen molar-refractivity contribution in [2.45, 2.75) is 43.2 Å². The molecule has 13 heteroatoms. The maximum absolute atomic E-state index is 12.7. The smallest absolute Gasteiger partial charge is 0.319 e. The third kappa shape index (κ3) is 8.94. The van der Waals surface area contributed by atoms with Crippen LogP contribution in [-0.2, 0) is 22.6 Å². The summed E-state index contributed by atoms with van der Waals surface area (Å²) in [6, 6.07) is 38.5. The van der Waals surface area contributed by atoms with Crippen molar-refractivity contribution in [2.75, 3.05) is 11.1 Å². The summed E-state index contributed by atoms with van der Waals surface area (Å²) in [4.78, 5) is 12.7. The van der Waals surface area contributed by atoms with Gasteiger partial charge in [-0.15, -0.1) is 5.10 Å². The Balaban J connectivity index is 0.972. The predicted molar refractivity (Wildman–Crippen MR) is 195 cm³/mol. The van der Waals surface area contributed by atoms with Gasteiger partial charge in [-0.3, -0.25) is 0 Å². The highest BCUT2D eigenvalue weighted by atomic mass is 32.2. The molecule has 5 aromatic carbocycles. The number of phenolic OH excluding ortho intramolecular Hbond substituents is 1. The zero-order chi connectivity index (χ0) is 35.7. The molecule has 1 saturated heterocycles. The molecule has 4 N–H and O–H groups in total. The van der Waals surface area contributed by atoms with Gasteiger partial charge in [-0.2, -0.15) is 4.68 Å². The van der Waals surface area contributed by atoms with E-state index in [0.29, 0.717) is 35.3 Å². The van der Waals surface area contributed by atoms with Gasteiger partial charge < -0.3 is 35.1 Å². The molecule has 12 nitrogen and oxygen atoms in total. The number of carbonyl (C=O) groups excluding carboxylic acids is 1. The molecule has 0 saturated carbocycles. The van der Waals surface area contributed by atoms with Crippen molar-refractivity contribution in [3.63, 3.8) is 0 Å². The summed E-state index contributed by atoms with van der Waals surface area (Å²) in [5.74, 6) is 2.13. The number of rotatable bonds is 12. The molecule has 6 aromatic rings. The Morgan fingerprint density at radius 2 is 1.52 bits per heavy atom. The van der Waals surface area contributed by atoms with Crippen LogP contribution >= 0.6 is 11.8 Å². The van der Waals surface area contributed by atoms with Crippen molar-refractivity contribution < 1.29 is 29.2 Å². The Hall–Kier alpha value is -5.73. The SMILES string of the molecule is O=C(NCc1ccc([C@@H]2O[C@H](CSc3nnnn3-c3ccc(O)cc3)C[C@H](c3ccc(CO)cc3)O2)cc1)Nc1ccc(Oc2ccccc2)cc1. The number of aromatic nitrogens is 4. The van der Waals surface area contributed by atoms with Crippen LogP contribution in [0.25, 0.3) is 5.69 Å². The molecule has 2 amide bonds. The van der Waals surface area contributed by atoms with Gasteiger partial charge in [-0.25, -0.2) is 4.79 Å². The van der Waals surface area contributed by atoms with Crippen molar-refractivity contribution >= 4 is 23.5 Å². The van der Waals surface area contributed by atoms with E-state index in [-0.39, 0.29) is 30.6 Å². The van der Waals surface area contributed by atoms with Crippen molar-refractivity contribution in [1.82, 2.24) is 25.5 Å². The number of thioether (sulfide) groups is 1. The van der Waals surface area contributed by atoms with Gasteiger partial charge in [-0.1, -0.05) is 78.5 Å². The maximum atomic E-state index is 12.7. The number of amides is 2. The van der Waals surface area contributed by atoms with Gasteiger partial charge in [0, 0.05) is 30.0 Å². The number of hydrogen-bond acceptors (Lipinski definition) is 10. The van der Waals surface area contributed by atoms with E-state index >= 15 is 0 Å². The van der Waals surface area contributed by atoms with Gasteiger partial charge in [0.15, 0.2) is 6.29 Å². The van der Waals surface area contributed by atoms with Crippen molar-refractivity contribution in [1.29, 1.82) is 0 Å². The lowest BCUT2D eigenvalue weighted by atomic mass is 10.0. The first-order valence-electron chi connectivity index (χ1n) is 16.7. The average Bonchev–Trinajstić information content (AvgIpc) is 3.66. The number of anilines is 1. The van der Waals surface area contributed by atoms with Crippen LogP contribution in [0.4, 0.5) is 10.5 Å². The van der Waals surface area contributed by atoms with Gasteiger partial charge >= 0.3 is 6.03 Å². The Labute approximate surface area is 304 Å². The number of carbonyl (C=O) groups is 1. The molecule has 1 fully saturated rings. The summed E-state index contributed by atoms with van der Waals surface area (Å²) >= 11 is 1.47. The molecular weight excluding hydrogens is 681 g/mol. The first-order valence-corrected chi connectivity index (χ1v) is 17.7. The maximum Gasteiger partial charge on any atom is 0.319 e. The van der Waals surface area contributed by atoms with Crippen molar-refractivity contribution in [2.24, 2.45) is 0 Å². The van der Waals surface area contributed by atoms with E-state index in [1.807, 2.05) is 78.9 Å². The zero-order valence-electron chi connectivity index (χ0n) is 27.9. The molecule has 0 unspecified atom stereocenters. The van der Waals surface area contributed by atoms with E-state index in [0.717, 1.165) is 33.7 Å². The molecule has 1 aliphatic heterocycles. The fourth-order valence-corrected chi connectivity index (χ4v) is 6.50. The molecule has 1 aliphatic rings. The molecule has 52 heavy (non-hydrogen) atoms. The number of urea groups is 1. The van der Waals surface area contributed by atoms with E-state index in [9.17, 15) is 15.0 Å². The van der Waals surface area contributed by atoms with E-state index in [2.05, 4.69) is 26.2 Å². The third-order valence-electron chi connectivity index (χ3n) is 8.34. The first-order chi connectivity index (χ1) is 25.5. The number of aliphatic hydroxyl groups is 1. The fourth-order valence-electron chi connectivity index (χ4n) is 5.60. The Kier molecular flexibility index (Phi) is 11.0. The Morgan fingerprint density at radius 1 is 0.827 bits per heavy atom. The molecule has 264 valence electrons. The Morgan fingerprint density at radius 3 is 2.25 bits per heavy atom. The van der Waals surface area contributed by atoms with Gasteiger partial charge in [0.1, 0.15) is 17.2 Å². The van der Waals surface area contributed by atoms with Crippen LogP contribution in [0.5, 0.6) is 17.2 Å². The third-order valence-corrected chi connectivity index (χ3v) is 9.40. The van der Waals surface area contributed by atoms with Crippen LogP contribution < -0.4 is 15.4 Å². The van der Waals surface area contributed by atoms with E-state index in [4.69, 9.17) is 14.2 Å². The molecule has 0 radical (unpaired) electrons. The highest BCUT2D eigenvalue weighted by molar-refractivity contribution is 7.99. The van der Waals surface area contributed by atoms with Crippen LogP contribution in [0.15, 0.2) is 133 Å². The highest BCUT2D eigenvalue weighted by Gasteiger charge is 2.32. The van der Waals surface area contributed by atoms with Crippen LogP contribution in [0.1, 0.15) is 41.1 Å². The lowest BCUT2D eigenvalue weighted by Gasteiger charge is -2.36. The number of hydrogen-bond donors (Lipinski definition) is 4.